The highest BCUT2D eigenvalue weighted by atomic mass is 35.5. The van der Waals surface area contributed by atoms with Crippen LogP contribution in [-0.2, 0) is 0 Å². The molecular formula is C27H29ClF3N5O2. The van der Waals surface area contributed by atoms with Gasteiger partial charge in [-0.3, -0.25) is 0 Å². The van der Waals surface area contributed by atoms with Crippen LogP contribution in [0.3, 0.4) is 0 Å². The Balaban J connectivity index is 1.10. The van der Waals surface area contributed by atoms with Gasteiger partial charge < -0.3 is 19.4 Å². The van der Waals surface area contributed by atoms with Crippen molar-refractivity contribution in [2.24, 2.45) is 17.8 Å². The van der Waals surface area contributed by atoms with E-state index in [1.807, 2.05) is 6.07 Å². The van der Waals surface area contributed by atoms with Crippen molar-refractivity contribution in [3.8, 4) is 17.1 Å². The van der Waals surface area contributed by atoms with Gasteiger partial charge in [0.1, 0.15) is 23.0 Å². The summed E-state index contributed by atoms with van der Waals surface area (Å²) in [5, 5.41) is 4.00. The number of nitrogens with zero attached hydrogens (tertiary/aromatic N) is 4. The number of oxazole rings is 1. The van der Waals surface area contributed by atoms with Crippen LogP contribution in [0.4, 0.5) is 25.0 Å². The minimum Gasteiger partial charge on any atom is -0.424 e. The first-order valence-corrected chi connectivity index (χ1v) is 13.5. The van der Waals surface area contributed by atoms with Crippen LogP contribution in [0.1, 0.15) is 44.9 Å². The van der Waals surface area contributed by atoms with Crippen LogP contribution in [-0.4, -0.2) is 39.9 Å². The number of piperidine rings is 1. The summed E-state index contributed by atoms with van der Waals surface area (Å²) in [5.74, 6) is 2.95. The standard InChI is InChI=1S/C27H29ClF3N5O2/c28-24-12-25(34-15-33-24)36-14-16-9-19(22(36)10-16)11-18-3-1-2-4-21(18)35-26-32-13-23(37-26)17-5-7-20(8-6-17)38-27(29,30)31/h5-8,12-13,15-16,18-19,21-22H,1-4,9-11,14H2,(H,32,35)/t16-,18+,19-,21-,22-/m1/s1. The molecule has 202 valence electrons. The number of anilines is 2. The number of benzene rings is 1. The van der Waals surface area contributed by atoms with Crippen molar-refractivity contribution in [3.05, 3.63) is 48.0 Å². The molecule has 1 aliphatic heterocycles. The first-order valence-electron chi connectivity index (χ1n) is 13.1. The molecule has 2 aliphatic carbocycles. The van der Waals surface area contributed by atoms with E-state index in [2.05, 4.69) is 29.9 Å². The van der Waals surface area contributed by atoms with Crippen LogP contribution in [0.5, 0.6) is 5.75 Å². The molecule has 1 N–H and O–H groups in total. The molecule has 3 aliphatic rings. The van der Waals surface area contributed by atoms with Crippen molar-refractivity contribution >= 4 is 23.4 Å². The van der Waals surface area contributed by atoms with Crippen LogP contribution in [0.15, 0.2) is 47.3 Å². The smallest absolute Gasteiger partial charge is 0.424 e. The molecule has 5 atom stereocenters. The van der Waals surface area contributed by atoms with Gasteiger partial charge in [0.2, 0.25) is 0 Å². The Morgan fingerprint density at radius 3 is 2.63 bits per heavy atom. The molecule has 0 amide bonds. The molecule has 0 radical (unpaired) electrons. The number of ether oxygens (including phenoxy) is 1. The zero-order valence-corrected chi connectivity index (χ0v) is 21.5. The summed E-state index contributed by atoms with van der Waals surface area (Å²) < 4.78 is 47.2. The Morgan fingerprint density at radius 1 is 1.05 bits per heavy atom. The second-order valence-electron chi connectivity index (χ2n) is 10.6. The normalized spacial score (nSPS) is 27.1. The summed E-state index contributed by atoms with van der Waals surface area (Å²) in [6, 6.07) is 8.64. The van der Waals surface area contributed by atoms with E-state index >= 15 is 0 Å². The highest BCUT2D eigenvalue weighted by Gasteiger charge is 2.46. The Hall–Kier alpha value is -3.01. The van der Waals surface area contributed by atoms with Crippen LogP contribution in [0.25, 0.3) is 11.3 Å². The number of nitrogens with one attached hydrogen (secondary N) is 1. The first-order chi connectivity index (χ1) is 18.3. The van der Waals surface area contributed by atoms with Gasteiger partial charge in [-0.1, -0.05) is 24.4 Å². The largest absolute Gasteiger partial charge is 0.573 e. The molecule has 2 bridgehead atoms. The third kappa shape index (κ3) is 5.55. The number of halogens is 4. The monoisotopic (exact) mass is 547 g/mol. The average Bonchev–Trinajstić information content (AvgIpc) is 3.61. The maximum absolute atomic E-state index is 12.4. The van der Waals surface area contributed by atoms with E-state index in [0.29, 0.717) is 46.3 Å². The van der Waals surface area contributed by atoms with Gasteiger partial charge in [0, 0.05) is 30.3 Å². The van der Waals surface area contributed by atoms with Gasteiger partial charge in [0.25, 0.3) is 6.01 Å². The molecule has 3 fully saturated rings. The summed E-state index contributed by atoms with van der Waals surface area (Å²) in [4.78, 5) is 15.3. The predicted octanol–water partition coefficient (Wildman–Crippen LogP) is 6.96. The van der Waals surface area contributed by atoms with E-state index in [0.717, 1.165) is 31.6 Å². The molecule has 6 rings (SSSR count). The van der Waals surface area contributed by atoms with Crippen LogP contribution in [0.2, 0.25) is 5.15 Å². The summed E-state index contributed by atoms with van der Waals surface area (Å²) in [7, 11) is 0. The number of hydrogen-bond donors (Lipinski definition) is 1. The SMILES string of the molecule is FC(F)(F)Oc1ccc(-c2cnc(N[C@@H]3CCCC[C@H]3C[C@H]3C[C@@H]4C[C@H]3N(c3cc(Cl)ncn3)C4)o2)cc1. The van der Waals surface area contributed by atoms with E-state index in [1.54, 1.807) is 6.20 Å². The lowest BCUT2D eigenvalue weighted by Crippen LogP contribution is -2.41. The highest BCUT2D eigenvalue weighted by molar-refractivity contribution is 6.29. The minimum absolute atomic E-state index is 0.263. The van der Waals surface area contributed by atoms with E-state index in [-0.39, 0.29) is 11.8 Å². The van der Waals surface area contributed by atoms with Crippen molar-refractivity contribution in [1.29, 1.82) is 0 Å². The third-order valence-corrected chi connectivity index (χ3v) is 8.43. The molecule has 1 aromatic carbocycles. The number of hydrogen-bond acceptors (Lipinski definition) is 7. The molecule has 0 spiro atoms. The molecule has 7 nitrogen and oxygen atoms in total. The third-order valence-electron chi connectivity index (χ3n) is 8.23. The molecule has 38 heavy (non-hydrogen) atoms. The zero-order chi connectivity index (χ0) is 26.3. The summed E-state index contributed by atoms with van der Waals surface area (Å²) in [6.07, 6.45) is 6.60. The second kappa shape index (κ2) is 10.3. The highest BCUT2D eigenvalue weighted by Crippen LogP contribution is 2.47. The lowest BCUT2D eigenvalue weighted by molar-refractivity contribution is -0.274. The van der Waals surface area contributed by atoms with E-state index in [9.17, 15) is 13.2 Å². The Bertz CT molecular complexity index is 1250. The van der Waals surface area contributed by atoms with Gasteiger partial charge in [-0.25, -0.2) is 15.0 Å². The number of fused-ring (bicyclic) bond motifs is 2. The molecule has 1 saturated heterocycles. The molecule has 3 aromatic rings. The maximum atomic E-state index is 12.4. The molecule has 2 saturated carbocycles. The van der Waals surface area contributed by atoms with Gasteiger partial charge in [-0.2, -0.15) is 0 Å². The van der Waals surface area contributed by atoms with Crippen molar-refractivity contribution in [2.45, 2.75) is 63.4 Å². The minimum atomic E-state index is -4.72. The van der Waals surface area contributed by atoms with Crippen molar-refractivity contribution in [1.82, 2.24) is 15.0 Å². The van der Waals surface area contributed by atoms with E-state index in [1.165, 1.54) is 56.3 Å². The van der Waals surface area contributed by atoms with Crippen molar-refractivity contribution < 1.29 is 22.3 Å². The quantitative estimate of drug-likeness (QED) is 0.320. The summed E-state index contributed by atoms with van der Waals surface area (Å²) >= 11 is 6.14. The fourth-order valence-electron chi connectivity index (χ4n) is 6.68. The lowest BCUT2D eigenvalue weighted by Gasteiger charge is -2.39. The topological polar surface area (TPSA) is 76.3 Å². The van der Waals surface area contributed by atoms with Gasteiger partial charge in [0.05, 0.1) is 6.20 Å². The van der Waals surface area contributed by atoms with Crippen LogP contribution < -0.4 is 15.0 Å². The Labute approximate surface area is 223 Å². The van der Waals surface area contributed by atoms with Gasteiger partial charge in [-0.05, 0) is 74.1 Å². The van der Waals surface area contributed by atoms with Gasteiger partial charge >= 0.3 is 6.36 Å². The van der Waals surface area contributed by atoms with Crippen molar-refractivity contribution in [3.63, 3.8) is 0 Å². The predicted molar refractivity (Wildman–Crippen MR) is 137 cm³/mol. The fourth-order valence-corrected chi connectivity index (χ4v) is 6.82. The van der Waals surface area contributed by atoms with Gasteiger partial charge in [0.15, 0.2) is 5.76 Å². The van der Waals surface area contributed by atoms with Crippen LogP contribution in [0, 0.1) is 17.8 Å². The molecule has 0 unspecified atom stereocenters. The molecule has 11 heteroatoms. The molecule has 2 aromatic heterocycles. The average molecular weight is 548 g/mol. The first kappa shape index (κ1) is 25.3. The van der Waals surface area contributed by atoms with Gasteiger partial charge in [-0.15, -0.1) is 13.2 Å². The molecule has 3 heterocycles. The number of aromatic nitrogens is 3. The zero-order valence-electron chi connectivity index (χ0n) is 20.7. The lowest BCUT2D eigenvalue weighted by atomic mass is 9.77. The summed E-state index contributed by atoms with van der Waals surface area (Å²) in [6.45, 7) is 1.03. The Kier molecular flexibility index (Phi) is 6.84. The van der Waals surface area contributed by atoms with Crippen LogP contribution >= 0.6 is 11.6 Å². The number of alkyl halides is 3. The van der Waals surface area contributed by atoms with E-state index < -0.39 is 6.36 Å². The van der Waals surface area contributed by atoms with Crippen molar-refractivity contribution in [2.75, 3.05) is 16.8 Å². The summed E-state index contributed by atoms with van der Waals surface area (Å²) in [5.41, 5.74) is 0.632. The fraction of sp³-hybridized carbons (Fsp3) is 0.519. The maximum Gasteiger partial charge on any atom is 0.573 e. The molecular weight excluding hydrogens is 519 g/mol. The second-order valence-corrected chi connectivity index (χ2v) is 11.0. The number of rotatable bonds is 7. The Morgan fingerprint density at radius 2 is 1.87 bits per heavy atom. The van der Waals surface area contributed by atoms with E-state index in [4.69, 9.17) is 16.0 Å².